The molecule has 1 amide bonds. The van der Waals surface area contributed by atoms with Gasteiger partial charge in [-0.25, -0.2) is 19.3 Å². The maximum atomic E-state index is 15.6. The van der Waals surface area contributed by atoms with E-state index in [1.165, 1.54) is 11.1 Å². The molecular weight excluding hydrogens is 499 g/mol. The number of amides is 1. The lowest BCUT2D eigenvalue weighted by molar-refractivity contribution is 0.0790. The quantitative estimate of drug-likeness (QED) is 0.306. The summed E-state index contributed by atoms with van der Waals surface area (Å²) in [7, 11) is 1.70. The van der Waals surface area contributed by atoms with Crippen molar-refractivity contribution in [1.29, 1.82) is 0 Å². The van der Waals surface area contributed by atoms with Gasteiger partial charge in [-0.05, 0) is 30.0 Å². The van der Waals surface area contributed by atoms with Crippen molar-refractivity contribution in [2.75, 3.05) is 30.1 Å². The molecule has 1 aromatic carbocycles. The molecule has 2 aliphatic heterocycles. The monoisotopic (exact) mass is 524 g/mol. The Kier molecular flexibility index (Phi) is 5.05. The number of benzene rings is 1. The van der Waals surface area contributed by atoms with E-state index in [0.717, 1.165) is 30.0 Å². The summed E-state index contributed by atoms with van der Waals surface area (Å²) in [5.74, 6) is 1.47. The standard InChI is InChI=1S/C27H25FN10O/c1-14-18(10-32-26-25(14)33-13-36(2)27(26)39)17-7-15-8-20(31-11-19(15)24(29)23(17)28)34-21-9-16-3-5-37-6-4-30-22(37)12-38(16)35-21/h4,6-11,33H,3,5,12-13,29H2,1-2H3,(H,31,34,35). The Morgan fingerprint density at radius 3 is 2.85 bits per heavy atom. The van der Waals surface area contributed by atoms with Gasteiger partial charge in [0.1, 0.15) is 11.6 Å². The molecule has 0 unspecified atom stereocenters. The normalized spacial score (nSPS) is 14.4. The maximum absolute atomic E-state index is 15.6. The van der Waals surface area contributed by atoms with E-state index >= 15 is 4.39 Å². The molecule has 0 saturated carbocycles. The third kappa shape index (κ3) is 3.67. The molecule has 0 spiro atoms. The fourth-order valence-electron chi connectivity index (χ4n) is 5.32. The number of carbonyl (C=O) groups is 1. The molecule has 11 nitrogen and oxygen atoms in total. The number of hydrogen-bond donors (Lipinski definition) is 3. The fraction of sp³-hybridized carbons (Fsp3) is 0.222. The van der Waals surface area contributed by atoms with E-state index in [-0.39, 0.29) is 11.6 Å². The molecule has 4 aromatic heterocycles. The molecular formula is C27H25FN10O. The Hall–Kier alpha value is -5.00. The molecule has 5 aromatic rings. The number of aromatic nitrogens is 6. The van der Waals surface area contributed by atoms with Crippen LogP contribution in [0.1, 0.15) is 27.6 Å². The largest absolute Gasteiger partial charge is 0.396 e. The number of carbonyl (C=O) groups excluding carboxylic acids is 1. The second kappa shape index (κ2) is 8.51. The van der Waals surface area contributed by atoms with Gasteiger partial charge in [-0.3, -0.25) is 9.48 Å². The molecule has 0 aliphatic carbocycles. The fourth-order valence-corrected chi connectivity index (χ4v) is 5.32. The first-order valence-corrected chi connectivity index (χ1v) is 12.6. The van der Waals surface area contributed by atoms with E-state index in [9.17, 15) is 4.79 Å². The van der Waals surface area contributed by atoms with Gasteiger partial charge in [0.05, 0.1) is 24.6 Å². The van der Waals surface area contributed by atoms with Gasteiger partial charge < -0.3 is 25.8 Å². The average molecular weight is 525 g/mol. The molecule has 196 valence electrons. The number of aryl methyl sites for hydroxylation is 2. The van der Waals surface area contributed by atoms with Gasteiger partial charge in [0.2, 0.25) is 0 Å². The lowest BCUT2D eigenvalue weighted by Crippen LogP contribution is -2.37. The highest BCUT2D eigenvalue weighted by molar-refractivity contribution is 6.02. The van der Waals surface area contributed by atoms with Crippen molar-refractivity contribution in [3.05, 3.63) is 71.6 Å². The van der Waals surface area contributed by atoms with Gasteiger partial charge >= 0.3 is 0 Å². The van der Waals surface area contributed by atoms with Crippen molar-refractivity contribution < 1.29 is 9.18 Å². The predicted octanol–water partition coefficient (Wildman–Crippen LogP) is 3.52. The minimum absolute atomic E-state index is 0.00616. The van der Waals surface area contributed by atoms with Crippen molar-refractivity contribution >= 4 is 39.7 Å². The number of pyridine rings is 2. The van der Waals surface area contributed by atoms with Crippen molar-refractivity contribution in [2.45, 2.75) is 26.4 Å². The van der Waals surface area contributed by atoms with E-state index in [1.807, 2.05) is 29.9 Å². The lowest BCUT2D eigenvalue weighted by atomic mass is 9.96. The smallest absolute Gasteiger partial charge is 0.275 e. The van der Waals surface area contributed by atoms with Crippen LogP contribution in [0.3, 0.4) is 0 Å². The summed E-state index contributed by atoms with van der Waals surface area (Å²) >= 11 is 0. The van der Waals surface area contributed by atoms with Gasteiger partial charge in [0.25, 0.3) is 5.91 Å². The highest BCUT2D eigenvalue weighted by atomic mass is 19.1. The van der Waals surface area contributed by atoms with Gasteiger partial charge in [-0.15, -0.1) is 0 Å². The van der Waals surface area contributed by atoms with E-state index in [1.54, 1.807) is 25.5 Å². The van der Waals surface area contributed by atoms with E-state index in [4.69, 9.17) is 10.8 Å². The average Bonchev–Trinajstić information content (AvgIpc) is 3.50. The molecule has 4 N–H and O–H groups in total. The number of imidazole rings is 1. The third-order valence-corrected chi connectivity index (χ3v) is 7.49. The molecule has 0 saturated heterocycles. The van der Waals surface area contributed by atoms with Crippen LogP contribution in [0.5, 0.6) is 0 Å². The van der Waals surface area contributed by atoms with Crippen LogP contribution in [0.2, 0.25) is 0 Å². The Morgan fingerprint density at radius 1 is 1.10 bits per heavy atom. The molecule has 0 fully saturated rings. The molecule has 7 rings (SSSR count). The first-order chi connectivity index (χ1) is 18.9. The SMILES string of the molecule is Cc1c(-c2cc3cc(Nc4cc5n(n4)Cc4nccn4CC5)ncc3c(N)c2F)cnc2c1NCN(C)C2=O. The topological polar surface area (TPSA) is 132 Å². The summed E-state index contributed by atoms with van der Waals surface area (Å²) in [4.78, 5) is 27.3. The second-order valence-electron chi connectivity index (χ2n) is 9.89. The van der Waals surface area contributed by atoms with Crippen molar-refractivity contribution in [2.24, 2.45) is 0 Å². The summed E-state index contributed by atoms with van der Waals surface area (Å²) in [5.41, 5.74) is 9.87. The van der Waals surface area contributed by atoms with Crippen LogP contribution in [0.4, 0.5) is 27.4 Å². The minimum atomic E-state index is -0.551. The van der Waals surface area contributed by atoms with E-state index in [2.05, 4.69) is 30.2 Å². The van der Waals surface area contributed by atoms with Crippen LogP contribution >= 0.6 is 0 Å². The van der Waals surface area contributed by atoms with Crippen LogP contribution in [0.25, 0.3) is 21.9 Å². The van der Waals surface area contributed by atoms with Gasteiger partial charge in [-0.1, -0.05) is 0 Å². The number of halogens is 1. The Labute approximate surface area is 222 Å². The molecule has 0 bridgehead atoms. The van der Waals surface area contributed by atoms with E-state index < -0.39 is 5.82 Å². The highest BCUT2D eigenvalue weighted by Crippen LogP contribution is 2.38. The molecule has 39 heavy (non-hydrogen) atoms. The molecule has 0 atom stereocenters. The summed E-state index contributed by atoms with van der Waals surface area (Å²) in [6, 6.07) is 5.57. The van der Waals surface area contributed by atoms with Crippen LogP contribution in [-0.4, -0.2) is 53.8 Å². The van der Waals surface area contributed by atoms with Gasteiger partial charge in [0.15, 0.2) is 17.3 Å². The molecule has 0 radical (unpaired) electrons. The highest BCUT2D eigenvalue weighted by Gasteiger charge is 2.27. The zero-order valence-corrected chi connectivity index (χ0v) is 21.4. The van der Waals surface area contributed by atoms with Gasteiger partial charge in [-0.2, -0.15) is 5.10 Å². The molecule has 6 heterocycles. The number of rotatable bonds is 3. The lowest BCUT2D eigenvalue weighted by Gasteiger charge is -2.27. The maximum Gasteiger partial charge on any atom is 0.275 e. The number of fused-ring (bicyclic) bond motifs is 4. The Balaban J connectivity index is 1.25. The number of nitrogens with two attached hydrogens (primary N) is 1. The van der Waals surface area contributed by atoms with Gasteiger partial charge in [0, 0.05) is 73.1 Å². The molecule has 2 aliphatic rings. The number of anilines is 4. The number of hydrogen-bond acceptors (Lipinski definition) is 8. The molecule has 12 heteroatoms. The zero-order chi connectivity index (χ0) is 26.8. The van der Waals surface area contributed by atoms with Crippen molar-refractivity contribution in [3.63, 3.8) is 0 Å². The minimum Gasteiger partial charge on any atom is -0.396 e. The van der Waals surface area contributed by atoms with Crippen LogP contribution in [-0.2, 0) is 19.5 Å². The second-order valence-corrected chi connectivity index (χ2v) is 9.89. The predicted molar refractivity (Wildman–Crippen MR) is 145 cm³/mol. The van der Waals surface area contributed by atoms with Crippen LogP contribution < -0.4 is 16.4 Å². The first-order valence-electron chi connectivity index (χ1n) is 12.6. The van der Waals surface area contributed by atoms with Crippen LogP contribution in [0, 0.1) is 12.7 Å². The zero-order valence-electron chi connectivity index (χ0n) is 21.4. The summed E-state index contributed by atoms with van der Waals surface area (Å²) in [6.45, 7) is 3.64. The Morgan fingerprint density at radius 2 is 1.97 bits per heavy atom. The summed E-state index contributed by atoms with van der Waals surface area (Å²) in [6.07, 6.45) is 7.72. The number of nitrogens with zero attached hydrogens (tertiary/aromatic N) is 7. The summed E-state index contributed by atoms with van der Waals surface area (Å²) < 4.78 is 19.6. The van der Waals surface area contributed by atoms with Crippen molar-refractivity contribution in [1.82, 2.24) is 34.2 Å². The third-order valence-electron chi connectivity index (χ3n) is 7.49. The Bertz CT molecular complexity index is 1810. The first kappa shape index (κ1) is 23.1. The number of nitrogen functional groups attached to an aromatic ring is 1. The van der Waals surface area contributed by atoms with Crippen molar-refractivity contribution in [3.8, 4) is 11.1 Å². The van der Waals surface area contributed by atoms with Crippen LogP contribution in [0.15, 0.2) is 43.0 Å². The number of nitrogens with one attached hydrogen (secondary N) is 2. The summed E-state index contributed by atoms with van der Waals surface area (Å²) in [5, 5.41) is 12.4. The van der Waals surface area contributed by atoms with E-state index in [0.29, 0.717) is 58.1 Å².